The van der Waals surface area contributed by atoms with Crippen LogP contribution in [-0.4, -0.2) is 43.6 Å². The molecule has 2 aromatic carbocycles. The molecule has 0 bridgehead atoms. The zero-order chi connectivity index (χ0) is 36.1. The molecule has 0 saturated heterocycles. The standard InChI is InChI=1S/C32H29F6N7O4/c1-29(2,3)49-28(47)41-23-12-31(34,35)21-11-22(33)20(25-42-43-27(48-25)30(4,5)16-39)10-24(21)44(26(23)46)14-17-6-8-18(9-7-17)19-13-40-45(15-19)32(36,37)38/h6-11,13,15,23H,12,14H2,1-5H3,(H,41,47). The number of nitriles is 1. The van der Waals surface area contributed by atoms with E-state index in [0.29, 0.717) is 17.2 Å². The fourth-order valence-electron chi connectivity index (χ4n) is 4.96. The van der Waals surface area contributed by atoms with E-state index < -0.39 is 82.8 Å². The van der Waals surface area contributed by atoms with E-state index in [1.807, 2.05) is 6.07 Å². The number of anilines is 1. The zero-order valence-corrected chi connectivity index (χ0v) is 26.7. The van der Waals surface area contributed by atoms with Crippen molar-refractivity contribution >= 4 is 17.7 Å². The molecule has 0 saturated carbocycles. The van der Waals surface area contributed by atoms with Crippen LogP contribution in [0, 0.1) is 17.1 Å². The van der Waals surface area contributed by atoms with Crippen LogP contribution in [0.15, 0.2) is 53.2 Å². The highest BCUT2D eigenvalue weighted by Crippen LogP contribution is 2.45. The molecule has 1 atom stereocenters. The number of fused-ring (bicyclic) bond motifs is 1. The van der Waals surface area contributed by atoms with E-state index in [-0.39, 0.29) is 16.1 Å². The van der Waals surface area contributed by atoms with Crippen LogP contribution < -0.4 is 10.2 Å². The third-order valence-corrected chi connectivity index (χ3v) is 7.43. The number of nitrogens with zero attached hydrogens (tertiary/aromatic N) is 6. The van der Waals surface area contributed by atoms with Gasteiger partial charge >= 0.3 is 12.4 Å². The number of alkyl halides is 5. The Bertz CT molecular complexity index is 1940. The van der Waals surface area contributed by atoms with Crippen molar-refractivity contribution in [2.24, 2.45) is 0 Å². The van der Waals surface area contributed by atoms with Crippen molar-refractivity contribution in [3.63, 3.8) is 0 Å². The monoisotopic (exact) mass is 689 g/mol. The summed E-state index contributed by atoms with van der Waals surface area (Å²) < 4.78 is 97.1. The predicted octanol–water partition coefficient (Wildman–Crippen LogP) is 6.94. The van der Waals surface area contributed by atoms with E-state index in [9.17, 15) is 28.0 Å². The number of amides is 2. The van der Waals surface area contributed by atoms with Gasteiger partial charge in [-0.1, -0.05) is 24.3 Å². The van der Waals surface area contributed by atoms with Crippen LogP contribution in [0.25, 0.3) is 22.6 Å². The summed E-state index contributed by atoms with van der Waals surface area (Å²) in [6.45, 7) is 7.19. The van der Waals surface area contributed by atoms with Gasteiger partial charge in [-0.2, -0.15) is 15.0 Å². The highest BCUT2D eigenvalue weighted by atomic mass is 19.4. The Morgan fingerprint density at radius 3 is 2.37 bits per heavy atom. The lowest BCUT2D eigenvalue weighted by Gasteiger charge is -2.27. The first-order chi connectivity index (χ1) is 22.7. The Labute approximate surface area is 275 Å². The first-order valence-corrected chi connectivity index (χ1v) is 14.7. The van der Waals surface area contributed by atoms with Gasteiger partial charge in [0.2, 0.25) is 11.8 Å². The summed E-state index contributed by atoms with van der Waals surface area (Å²) in [5.74, 6) is -6.64. The quantitative estimate of drug-likeness (QED) is 0.215. The predicted molar refractivity (Wildman–Crippen MR) is 160 cm³/mol. The zero-order valence-electron chi connectivity index (χ0n) is 26.7. The molecule has 11 nitrogen and oxygen atoms in total. The fraction of sp³-hybridized carbons (Fsp3) is 0.375. The maximum absolute atomic E-state index is 15.9. The van der Waals surface area contributed by atoms with Gasteiger partial charge < -0.3 is 19.4 Å². The van der Waals surface area contributed by atoms with Crippen molar-refractivity contribution in [3.8, 4) is 28.7 Å². The number of carbonyl (C=O) groups excluding carboxylic acids is 2. The summed E-state index contributed by atoms with van der Waals surface area (Å²) in [6, 6.07) is 7.45. The summed E-state index contributed by atoms with van der Waals surface area (Å²) in [5, 5.41) is 22.5. The van der Waals surface area contributed by atoms with Gasteiger partial charge in [-0.05, 0) is 57.9 Å². The van der Waals surface area contributed by atoms with Crippen LogP contribution in [0.5, 0.6) is 0 Å². The summed E-state index contributed by atoms with van der Waals surface area (Å²) in [7, 11) is 0. The Balaban J connectivity index is 1.58. The highest BCUT2D eigenvalue weighted by Gasteiger charge is 2.47. The van der Waals surface area contributed by atoms with E-state index in [4.69, 9.17) is 9.15 Å². The normalized spacial score (nSPS) is 16.5. The van der Waals surface area contributed by atoms with Gasteiger partial charge in [-0.15, -0.1) is 23.4 Å². The molecule has 1 N–H and O–H groups in total. The SMILES string of the molecule is CC(C)(C)OC(=O)NC1CC(F)(F)c2cc(F)c(-c3nnc(C(C)(C)C#N)o3)cc2N(Cc2ccc(-c3cnn(C(F)(F)F)c3)cc2)C1=O. The van der Waals surface area contributed by atoms with E-state index in [2.05, 4.69) is 20.6 Å². The second-order valence-corrected chi connectivity index (χ2v) is 12.9. The van der Waals surface area contributed by atoms with Crippen molar-refractivity contribution < 1.29 is 45.1 Å². The molecule has 49 heavy (non-hydrogen) atoms. The van der Waals surface area contributed by atoms with E-state index >= 15 is 13.2 Å². The molecule has 1 aliphatic rings. The van der Waals surface area contributed by atoms with Crippen LogP contribution in [0.3, 0.4) is 0 Å². The van der Waals surface area contributed by atoms with Crippen molar-refractivity contribution in [3.05, 3.63) is 71.6 Å². The van der Waals surface area contributed by atoms with Crippen LogP contribution in [0.4, 0.5) is 36.8 Å². The average molecular weight is 690 g/mol. The lowest BCUT2D eigenvalue weighted by molar-refractivity contribution is -0.212. The average Bonchev–Trinajstić information content (AvgIpc) is 3.69. The molecule has 1 aliphatic heterocycles. The molecule has 1 unspecified atom stereocenters. The lowest BCUT2D eigenvalue weighted by atomic mass is 9.96. The molecular weight excluding hydrogens is 660 g/mol. The molecule has 0 fully saturated rings. The van der Waals surface area contributed by atoms with Crippen molar-refractivity contribution in [2.45, 2.75) is 76.9 Å². The summed E-state index contributed by atoms with van der Waals surface area (Å²) in [4.78, 5) is 27.6. The minimum Gasteiger partial charge on any atom is -0.444 e. The largest absolute Gasteiger partial charge is 0.504 e. The number of alkyl carbamates (subject to hydrolysis) is 1. The maximum Gasteiger partial charge on any atom is 0.504 e. The minimum absolute atomic E-state index is 0.139. The molecule has 0 radical (unpaired) electrons. The Hall–Kier alpha value is -5.40. The van der Waals surface area contributed by atoms with Gasteiger partial charge in [0, 0.05) is 23.7 Å². The first-order valence-electron chi connectivity index (χ1n) is 14.7. The maximum atomic E-state index is 15.9. The summed E-state index contributed by atoms with van der Waals surface area (Å²) in [5.41, 5.74) is -3.21. The molecular formula is C32H29F6N7O4. The molecule has 0 aliphatic carbocycles. The van der Waals surface area contributed by atoms with Crippen LogP contribution in [0.2, 0.25) is 0 Å². The second-order valence-electron chi connectivity index (χ2n) is 12.9. The first kappa shape index (κ1) is 34.9. The van der Waals surface area contributed by atoms with Gasteiger partial charge in [0.25, 0.3) is 11.8 Å². The lowest BCUT2D eigenvalue weighted by Crippen LogP contribution is -2.49. The van der Waals surface area contributed by atoms with Crippen LogP contribution >= 0.6 is 0 Å². The number of carbonyl (C=O) groups is 2. The number of hydrogen-bond donors (Lipinski definition) is 1. The topological polar surface area (TPSA) is 139 Å². The molecule has 17 heteroatoms. The Kier molecular flexibility index (Phi) is 8.73. The number of benzene rings is 2. The number of hydrogen-bond acceptors (Lipinski definition) is 8. The van der Waals surface area contributed by atoms with E-state index in [0.717, 1.165) is 23.4 Å². The number of rotatable bonds is 6. The van der Waals surface area contributed by atoms with Crippen molar-refractivity contribution in [1.82, 2.24) is 25.3 Å². The minimum atomic E-state index is -4.72. The molecule has 4 aromatic rings. The molecule has 2 aromatic heterocycles. The van der Waals surface area contributed by atoms with Gasteiger partial charge in [-0.25, -0.2) is 18.0 Å². The molecule has 258 valence electrons. The number of halogens is 6. The van der Waals surface area contributed by atoms with E-state index in [1.54, 1.807) is 20.8 Å². The van der Waals surface area contributed by atoms with Crippen LogP contribution in [-0.2, 0) is 33.7 Å². The van der Waals surface area contributed by atoms with Gasteiger partial charge in [0.05, 0.1) is 30.1 Å². The van der Waals surface area contributed by atoms with Crippen LogP contribution in [0.1, 0.15) is 58.1 Å². The fourth-order valence-corrected chi connectivity index (χ4v) is 4.96. The Morgan fingerprint density at radius 1 is 1.10 bits per heavy atom. The summed E-state index contributed by atoms with van der Waals surface area (Å²) in [6.07, 6.45) is -5.30. The third-order valence-electron chi connectivity index (χ3n) is 7.43. The van der Waals surface area contributed by atoms with Gasteiger partial charge in [-0.3, -0.25) is 4.79 Å². The molecule has 0 spiro atoms. The highest BCUT2D eigenvalue weighted by molar-refractivity contribution is 6.01. The summed E-state index contributed by atoms with van der Waals surface area (Å²) >= 11 is 0. The number of nitrogens with one attached hydrogen (secondary N) is 1. The smallest absolute Gasteiger partial charge is 0.444 e. The molecule has 3 heterocycles. The van der Waals surface area contributed by atoms with Gasteiger partial charge in [0.1, 0.15) is 22.9 Å². The second kappa shape index (κ2) is 12.2. The van der Waals surface area contributed by atoms with Crippen molar-refractivity contribution in [2.75, 3.05) is 4.90 Å². The third kappa shape index (κ3) is 7.37. The molecule has 2 amide bonds. The van der Waals surface area contributed by atoms with Crippen molar-refractivity contribution in [1.29, 1.82) is 5.26 Å². The molecule has 5 rings (SSSR count). The van der Waals surface area contributed by atoms with Gasteiger partial charge in [0.15, 0.2) is 0 Å². The van der Waals surface area contributed by atoms with E-state index in [1.165, 1.54) is 38.1 Å². The Morgan fingerprint density at radius 2 is 1.78 bits per heavy atom. The number of ether oxygens (including phenoxy) is 1. The number of aromatic nitrogens is 4.